The van der Waals surface area contributed by atoms with Gasteiger partial charge in [0.05, 0.1) is 30.6 Å². The van der Waals surface area contributed by atoms with E-state index >= 15 is 0 Å². The van der Waals surface area contributed by atoms with Crippen LogP contribution in [0, 0.1) is 6.92 Å². The van der Waals surface area contributed by atoms with Crippen LogP contribution in [-0.2, 0) is 29.1 Å². The summed E-state index contributed by atoms with van der Waals surface area (Å²) in [6, 6.07) is 5.31. The summed E-state index contributed by atoms with van der Waals surface area (Å²) in [4.78, 5) is 24.4. The fourth-order valence-corrected chi connectivity index (χ4v) is 4.09. The predicted octanol–water partition coefficient (Wildman–Crippen LogP) is 1.42. The smallest absolute Gasteiger partial charge is 0.334 e. The van der Waals surface area contributed by atoms with Crippen LogP contribution in [0.3, 0.4) is 0 Å². The summed E-state index contributed by atoms with van der Waals surface area (Å²) in [7, 11) is -2.66. The highest BCUT2D eigenvalue weighted by Gasteiger charge is 2.39. The molecule has 0 radical (unpaired) electrons. The lowest BCUT2D eigenvalue weighted by molar-refractivity contribution is -0.141. The first-order valence-corrected chi connectivity index (χ1v) is 9.26. The second kappa shape index (κ2) is 7.79. The lowest BCUT2D eigenvalue weighted by Gasteiger charge is -2.32. The zero-order valence-corrected chi connectivity index (χ0v) is 15.2. The minimum atomic E-state index is -4.05. The Labute approximate surface area is 147 Å². The third-order valence-electron chi connectivity index (χ3n) is 3.74. The second-order valence-electron chi connectivity index (χ2n) is 5.62. The van der Waals surface area contributed by atoms with Crippen LogP contribution in [0.15, 0.2) is 40.8 Å². The molecule has 0 aliphatic carbocycles. The average Bonchev–Trinajstić information content (AvgIpc) is 2.55. The number of hydrogen-bond donors (Lipinski definition) is 0. The molecule has 0 saturated heterocycles. The Morgan fingerprint density at radius 1 is 1.28 bits per heavy atom. The Kier molecular flexibility index (Phi) is 5.97. The molecule has 0 N–H and O–H groups in total. The van der Waals surface area contributed by atoms with Gasteiger partial charge in [0.25, 0.3) is 10.0 Å². The molecule has 0 bridgehead atoms. The molecule has 1 heterocycles. The van der Waals surface area contributed by atoms with E-state index in [4.69, 9.17) is 9.47 Å². The van der Waals surface area contributed by atoms with Crippen molar-refractivity contribution in [3.63, 3.8) is 0 Å². The third kappa shape index (κ3) is 4.08. The van der Waals surface area contributed by atoms with Crippen molar-refractivity contribution < 1.29 is 27.5 Å². The van der Waals surface area contributed by atoms with Gasteiger partial charge < -0.3 is 9.47 Å². The van der Waals surface area contributed by atoms with E-state index in [2.05, 4.69) is 0 Å². The van der Waals surface area contributed by atoms with E-state index in [0.717, 1.165) is 9.87 Å². The van der Waals surface area contributed by atoms with Gasteiger partial charge in [0.2, 0.25) is 5.91 Å². The molecule has 1 amide bonds. The van der Waals surface area contributed by atoms with E-state index in [0.29, 0.717) is 0 Å². The number of amides is 1. The third-order valence-corrected chi connectivity index (χ3v) is 5.60. The zero-order valence-electron chi connectivity index (χ0n) is 14.4. The summed E-state index contributed by atoms with van der Waals surface area (Å²) in [5, 5.41) is 0. The molecule has 1 aromatic rings. The minimum Gasteiger partial charge on any atom is -0.463 e. The molecule has 136 valence electrons. The fraction of sp³-hybridized carbons (Fsp3) is 0.412. The van der Waals surface area contributed by atoms with Gasteiger partial charge in [0.1, 0.15) is 0 Å². The van der Waals surface area contributed by atoms with Gasteiger partial charge in [-0.1, -0.05) is 17.7 Å². The van der Waals surface area contributed by atoms with Crippen molar-refractivity contribution in [1.29, 1.82) is 0 Å². The van der Waals surface area contributed by atoms with Crippen molar-refractivity contribution in [1.82, 2.24) is 4.31 Å². The van der Waals surface area contributed by atoms with Gasteiger partial charge in [-0.3, -0.25) is 4.79 Å². The highest BCUT2D eigenvalue weighted by atomic mass is 32.2. The number of nitrogens with zero attached hydrogens (tertiary/aromatic N) is 1. The molecule has 0 fully saturated rings. The van der Waals surface area contributed by atoms with Crippen molar-refractivity contribution in [2.24, 2.45) is 0 Å². The maximum absolute atomic E-state index is 12.9. The summed E-state index contributed by atoms with van der Waals surface area (Å²) in [6.45, 7) is 3.61. The quantitative estimate of drug-likeness (QED) is 0.707. The van der Waals surface area contributed by atoms with Crippen LogP contribution < -0.4 is 0 Å². The van der Waals surface area contributed by atoms with Crippen LogP contribution in [0.25, 0.3) is 0 Å². The lowest BCUT2D eigenvalue weighted by atomic mass is 10.0. The number of methoxy groups -OCH3 is 1. The van der Waals surface area contributed by atoms with Crippen LogP contribution in [0.2, 0.25) is 0 Å². The summed E-state index contributed by atoms with van der Waals surface area (Å²) in [6.07, 6.45) is 1.10. The van der Waals surface area contributed by atoms with Gasteiger partial charge in [-0.25, -0.2) is 17.5 Å². The van der Waals surface area contributed by atoms with Crippen molar-refractivity contribution >= 4 is 21.9 Å². The highest BCUT2D eigenvalue weighted by Crippen LogP contribution is 2.26. The van der Waals surface area contributed by atoms with Gasteiger partial charge in [-0.15, -0.1) is 0 Å². The molecular formula is C17H21NO6S. The maximum Gasteiger partial charge on any atom is 0.334 e. The largest absolute Gasteiger partial charge is 0.463 e. The minimum absolute atomic E-state index is 0.0144. The van der Waals surface area contributed by atoms with Crippen molar-refractivity contribution in [3.05, 3.63) is 41.5 Å². The first-order chi connectivity index (χ1) is 11.8. The van der Waals surface area contributed by atoms with Crippen molar-refractivity contribution in [2.75, 3.05) is 20.3 Å². The molecule has 25 heavy (non-hydrogen) atoms. The van der Waals surface area contributed by atoms with E-state index < -0.39 is 27.9 Å². The van der Waals surface area contributed by atoms with E-state index in [-0.39, 0.29) is 30.1 Å². The van der Waals surface area contributed by atoms with Crippen LogP contribution in [0.1, 0.15) is 18.9 Å². The highest BCUT2D eigenvalue weighted by molar-refractivity contribution is 7.89. The van der Waals surface area contributed by atoms with Crippen LogP contribution in [-0.4, -0.2) is 51.0 Å². The number of carbonyl (C=O) groups is 2. The predicted molar refractivity (Wildman–Crippen MR) is 90.2 cm³/mol. The van der Waals surface area contributed by atoms with Crippen LogP contribution >= 0.6 is 0 Å². The van der Waals surface area contributed by atoms with E-state index in [9.17, 15) is 18.0 Å². The van der Waals surface area contributed by atoms with Crippen LogP contribution in [0.4, 0.5) is 0 Å². The molecular weight excluding hydrogens is 346 g/mol. The second-order valence-corrected chi connectivity index (χ2v) is 7.43. The normalized spacial score (nSPS) is 18.0. The molecule has 8 heteroatoms. The lowest BCUT2D eigenvalue weighted by Crippen LogP contribution is -2.48. The first-order valence-electron chi connectivity index (χ1n) is 7.82. The molecule has 1 unspecified atom stereocenters. The Balaban J connectivity index is 2.43. The maximum atomic E-state index is 12.9. The molecule has 1 atom stereocenters. The summed E-state index contributed by atoms with van der Waals surface area (Å²) in [5.41, 5.74) is 1.05. The van der Waals surface area contributed by atoms with Gasteiger partial charge in [-0.05, 0) is 32.1 Å². The number of esters is 1. The summed E-state index contributed by atoms with van der Waals surface area (Å²) < 4.78 is 36.5. The molecule has 0 aromatic heterocycles. The number of sulfonamides is 1. The van der Waals surface area contributed by atoms with Gasteiger partial charge >= 0.3 is 5.97 Å². The Bertz CT molecular complexity index is 782. The molecule has 1 aromatic carbocycles. The Hall–Kier alpha value is -2.19. The molecule has 1 aliphatic rings. The molecule has 1 aliphatic heterocycles. The van der Waals surface area contributed by atoms with Crippen molar-refractivity contribution in [3.8, 4) is 0 Å². The number of ether oxygens (including phenoxy) is 2. The van der Waals surface area contributed by atoms with Gasteiger partial charge in [0.15, 0.2) is 0 Å². The Morgan fingerprint density at radius 2 is 1.92 bits per heavy atom. The molecule has 0 saturated carbocycles. The van der Waals surface area contributed by atoms with Crippen LogP contribution in [0.5, 0.6) is 0 Å². The SMILES string of the molecule is CCOC(=O)C1=CC(COC)N(S(=O)(=O)c2ccc(C)cc2)C(=O)C1. The van der Waals surface area contributed by atoms with Gasteiger partial charge in [-0.2, -0.15) is 0 Å². The number of carbonyl (C=O) groups excluding carboxylic acids is 2. The standard InChI is InChI=1S/C17H21NO6S/c1-4-24-17(20)13-9-14(11-23-3)18(16(19)10-13)25(21,22)15-7-5-12(2)6-8-15/h5-9,14H,4,10-11H2,1-3H3. The number of benzene rings is 1. The monoisotopic (exact) mass is 367 g/mol. The number of hydrogen-bond acceptors (Lipinski definition) is 6. The first kappa shape index (κ1) is 19.1. The average molecular weight is 367 g/mol. The molecule has 7 nitrogen and oxygen atoms in total. The topological polar surface area (TPSA) is 90.0 Å². The van der Waals surface area contributed by atoms with E-state index in [1.807, 2.05) is 6.92 Å². The number of rotatable bonds is 6. The Morgan fingerprint density at radius 3 is 2.48 bits per heavy atom. The molecule has 2 rings (SSSR count). The van der Waals surface area contributed by atoms with Gasteiger partial charge in [0, 0.05) is 12.7 Å². The summed E-state index contributed by atoms with van der Waals surface area (Å²) in [5.74, 6) is -1.31. The summed E-state index contributed by atoms with van der Waals surface area (Å²) >= 11 is 0. The van der Waals surface area contributed by atoms with E-state index in [1.165, 1.54) is 25.3 Å². The fourth-order valence-electron chi connectivity index (χ4n) is 2.57. The van der Waals surface area contributed by atoms with E-state index in [1.54, 1.807) is 19.1 Å². The van der Waals surface area contributed by atoms with Crippen molar-refractivity contribution in [2.45, 2.75) is 31.2 Å². The number of aryl methyl sites for hydroxylation is 1. The zero-order chi connectivity index (χ0) is 18.6. The molecule has 0 spiro atoms.